The van der Waals surface area contributed by atoms with Crippen molar-refractivity contribution in [3.63, 3.8) is 0 Å². The SMILES string of the molecule is Cc1cc(NC(=O)C(C)OC(=O)c2cccc(N(C)C)c2)on1. The Bertz CT molecular complexity index is 709. The molecule has 1 aromatic heterocycles. The van der Waals surface area contributed by atoms with Gasteiger partial charge in [-0.15, -0.1) is 0 Å². The van der Waals surface area contributed by atoms with Gasteiger partial charge in [0.15, 0.2) is 6.10 Å². The summed E-state index contributed by atoms with van der Waals surface area (Å²) in [5.74, 6) is -0.839. The number of nitrogens with one attached hydrogen (secondary N) is 1. The summed E-state index contributed by atoms with van der Waals surface area (Å²) < 4.78 is 10.1. The number of esters is 1. The molecule has 0 radical (unpaired) electrons. The van der Waals surface area contributed by atoms with Gasteiger partial charge >= 0.3 is 5.97 Å². The molecule has 1 N–H and O–H groups in total. The monoisotopic (exact) mass is 317 g/mol. The van der Waals surface area contributed by atoms with E-state index >= 15 is 0 Å². The minimum atomic E-state index is -0.962. The summed E-state index contributed by atoms with van der Waals surface area (Å²) in [5, 5.41) is 6.16. The molecule has 1 aromatic carbocycles. The molecule has 0 aliphatic carbocycles. The molecule has 0 aliphatic rings. The molecule has 2 rings (SSSR count). The molecule has 1 amide bonds. The van der Waals surface area contributed by atoms with Crippen molar-refractivity contribution in [2.45, 2.75) is 20.0 Å². The van der Waals surface area contributed by atoms with Gasteiger partial charge in [-0.05, 0) is 32.0 Å². The molecule has 0 saturated heterocycles. The van der Waals surface area contributed by atoms with E-state index in [2.05, 4.69) is 10.5 Å². The molecule has 0 bridgehead atoms. The lowest BCUT2D eigenvalue weighted by Crippen LogP contribution is -2.29. The molecule has 1 heterocycles. The molecule has 0 saturated carbocycles. The number of ether oxygens (including phenoxy) is 1. The zero-order chi connectivity index (χ0) is 17.0. The van der Waals surface area contributed by atoms with Gasteiger partial charge < -0.3 is 14.2 Å². The van der Waals surface area contributed by atoms with E-state index in [9.17, 15) is 9.59 Å². The number of hydrogen-bond acceptors (Lipinski definition) is 6. The third-order valence-corrected chi connectivity index (χ3v) is 3.13. The number of amides is 1. The van der Waals surface area contributed by atoms with Crippen molar-refractivity contribution in [3.8, 4) is 0 Å². The Kier molecular flexibility index (Phi) is 5.00. The molecule has 0 spiro atoms. The molecule has 122 valence electrons. The van der Waals surface area contributed by atoms with Crippen LogP contribution in [0.15, 0.2) is 34.9 Å². The summed E-state index contributed by atoms with van der Waals surface area (Å²) in [4.78, 5) is 26.0. The summed E-state index contributed by atoms with van der Waals surface area (Å²) in [6, 6.07) is 8.55. The first-order valence-corrected chi connectivity index (χ1v) is 7.09. The van der Waals surface area contributed by atoms with Gasteiger partial charge in [0.05, 0.1) is 11.3 Å². The number of anilines is 2. The second kappa shape index (κ2) is 6.95. The first-order chi connectivity index (χ1) is 10.9. The van der Waals surface area contributed by atoms with Gasteiger partial charge in [-0.25, -0.2) is 4.79 Å². The van der Waals surface area contributed by atoms with Crippen LogP contribution in [0.2, 0.25) is 0 Å². The first-order valence-electron chi connectivity index (χ1n) is 7.09. The average molecular weight is 317 g/mol. The fourth-order valence-electron chi connectivity index (χ4n) is 1.84. The smallest absolute Gasteiger partial charge is 0.338 e. The number of rotatable bonds is 5. The number of carbonyl (C=O) groups is 2. The van der Waals surface area contributed by atoms with Crippen molar-refractivity contribution in [1.82, 2.24) is 5.16 Å². The predicted molar refractivity (Wildman–Crippen MR) is 85.5 cm³/mol. The number of nitrogens with zero attached hydrogens (tertiary/aromatic N) is 2. The summed E-state index contributed by atoms with van der Waals surface area (Å²) in [7, 11) is 3.75. The molecule has 0 fully saturated rings. The second-order valence-electron chi connectivity index (χ2n) is 5.31. The van der Waals surface area contributed by atoms with Crippen molar-refractivity contribution in [2.75, 3.05) is 24.3 Å². The number of aryl methyl sites for hydroxylation is 1. The van der Waals surface area contributed by atoms with E-state index in [1.807, 2.05) is 25.1 Å². The summed E-state index contributed by atoms with van der Waals surface area (Å²) >= 11 is 0. The molecule has 1 atom stereocenters. The lowest BCUT2D eigenvalue weighted by atomic mass is 10.2. The van der Waals surface area contributed by atoms with Gasteiger partial charge in [0.25, 0.3) is 5.91 Å². The van der Waals surface area contributed by atoms with Gasteiger partial charge in [0.2, 0.25) is 5.88 Å². The van der Waals surface area contributed by atoms with E-state index in [1.165, 1.54) is 6.92 Å². The highest BCUT2D eigenvalue weighted by Crippen LogP contribution is 2.15. The fourth-order valence-corrected chi connectivity index (χ4v) is 1.84. The van der Waals surface area contributed by atoms with Crippen LogP contribution in [0.25, 0.3) is 0 Å². The quantitative estimate of drug-likeness (QED) is 0.851. The standard InChI is InChI=1S/C16H19N3O4/c1-10-8-14(23-18-10)17-15(20)11(2)22-16(21)12-6-5-7-13(9-12)19(3)4/h5-9,11H,1-4H3,(H,17,20). The molecular weight excluding hydrogens is 298 g/mol. The third-order valence-electron chi connectivity index (χ3n) is 3.13. The van der Waals surface area contributed by atoms with Crippen molar-refractivity contribution in [3.05, 3.63) is 41.6 Å². The van der Waals surface area contributed by atoms with Gasteiger partial charge in [-0.3, -0.25) is 10.1 Å². The summed E-state index contributed by atoms with van der Waals surface area (Å²) in [6.07, 6.45) is -0.962. The van der Waals surface area contributed by atoms with Crippen LogP contribution < -0.4 is 10.2 Å². The average Bonchev–Trinajstić information content (AvgIpc) is 2.92. The molecular formula is C16H19N3O4. The predicted octanol–water partition coefficient (Wildman–Crippen LogP) is 2.23. The number of carbonyl (C=O) groups excluding carboxylic acids is 2. The van der Waals surface area contributed by atoms with Gasteiger partial charge in [0, 0.05) is 25.8 Å². The Hall–Kier alpha value is -2.83. The van der Waals surface area contributed by atoms with Crippen LogP contribution >= 0.6 is 0 Å². The Morgan fingerprint density at radius 2 is 2.04 bits per heavy atom. The molecule has 7 nitrogen and oxygen atoms in total. The maximum Gasteiger partial charge on any atom is 0.338 e. The topological polar surface area (TPSA) is 84.7 Å². The first kappa shape index (κ1) is 16.5. The van der Waals surface area contributed by atoms with Crippen LogP contribution in [0.4, 0.5) is 11.6 Å². The molecule has 2 aromatic rings. The number of hydrogen-bond donors (Lipinski definition) is 1. The zero-order valence-corrected chi connectivity index (χ0v) is 13.5. The van der Waals surface area contributed by atoms with E-state index < -0.39 is 18.0 Å². The maximum absolute atomic E-state index is 12.1. The lowest BCUT2D eigenvalue weighted by molar-refractivity contribution is -0.123. The van der Waals surface area contributed by atoms with E-state index in [0.29, 0.717) is 11.3 Å². The van der Waals surface area contributed by atoms with E-state index in [1.54, 1.807) is 31.2 Å². The van der Waals surface area contributed by atoms with Crippen LogP contribution in [-0.4, -0.2) is 37.2 Å². The van der Waals surface area contributed by atoms with E-state index in [4.69, 9.17) is 9.26 Å². The number of benzene rings is 1. The van der Waals surface area contributed by atoms with Crippen LogP contribution in [-0.2, 0) is 9.53 Å². The Morgan fingerprint density at radius 1 is 1.30 bits per heavy atom. The van der Waals surface area contributed by atoms with Gasteiger partial charge in [-0.2, -0.15) is 0 Å². The van der Waals surface area contributed by atoms with Crippen molar-refractivity contribution in [1.29, 1.82) is 0 Å². The molecule has 7 heteroatoms. The van der Waals surface area contributed by atoms with Crippen LogP contribution in [0.1, 0.15) is 23.0 Å². The molecule has 1 unspecified atom stereocenters. The fraction of sp³-hybridized carbons (Fsp3) is 0.312. The summed E-state index contributed by atoms with van der Waals surface area (Å²) in [6.45, 7) is 3.23. The van der Waals surface area contributed by atoms with Gasteiger partial charge in [0.1, 0.15) is 0 Å². The normalized spacial score (nSPS) is 11.7. The maximum atomic E-state index is 12.1. The van der Waals surface area contributed by atoms with E-state index in [0.717, 1.165) is 5.69 Å². The molecule has 23 heavy (non-hydrogen) atoms. The Labute approximate surface area is 134 Å². The highest BCUT2D eigenvalue weighted by molar-refractivity contribution is 5.97. The van der Waals surface area contributed by atoms with Crippen LogP contribution in [0, 0.1) is 6.92 Å². The van der Waals surface area contributed by atoms with Gasteiger partial charge in [-0.1, -0.05) is 11.2 Å². The Morgan fingerprint density at radius 3 is 2.65 bits per heavy atom. The number of aromatic nitrogens is 1. The zero-order valence-electron chi connectivity index (χ0n) is 13.5. The van der Waals surface area contributed by atoms with E-state index in [-0.39, 0.29) is 5.88 Å². The minimum Gasteiger partial charge on any atom is -0.449 e. The minimum absolute atomic E-state index is 0.213. The van der Waals surface area contributed by atoms with Crippen molar-refractivity contribution >= 4 is 23.4 Å². The van der Waals surface area contributed by atoms with Crippen LogP contribution in [0.5, 0.6) is 0 Å². The summed E-state index contributed by atoms with van der Waals surface area (Å²) in [5.41, 5.74) is 1.89. The Balaban J connectivity index is 1.98. The lowest BCUT2D eigenvalue weighted by Gasteiger charge is -2.15. The third kappa shape index (κ3) is 4.32. The van der Waals surface area contributed by atoms with Crippen LogP contribution in [0.3, 0.4) is 0 Å². The largest absolute Gasteiger partial charge is 0.449 e. The highest BCUT2D eigenvalue weighted by atomic mass is 16.5. The van der Waals surface area contributed by atoms with Crippen molar-refractivity contribution in [2.24, 2.45) is 0 Å². The second-order valence-corrected chi connectivity index (χ2v) is 5.31. The molecule has 0 aliphatic heterocycles. The van der Waals surface area contributed by atoms with Crippen molar-refractivity contribution < 1.29 is 18.8 Å². The highest BCUT2D eigenvalue weighted by Gasteiger charge is 2.20.